The minimum atomic E-state index is -1.45. The maximum atomic E-state index is 13.0. The topological polar surface area (TPSA) is 178 Å². The van der Waals surface area contributed by atoms with E-state index >= 15 is 0 Å². The number of ether oxygens (including phenoxy) is 5. The molecule has 4 N–H and O–H groups in total. The summed E-state index contributed by atoms with van der Waals surface area (Å²) in [5, 5.41) is 36.7. The largest absolute Gasteiger partial charge is 0.454 e. The summed E-state index contributed by atoms with van der Waals surface area (Å²) in [4.78, 5) is 38.9. The summed E-state index contributed by atoms with van der Waals surface area (Å²) >= 11 is 0. The molecule has 0 saturated carbocycles. The Labute approximate surface area is 278 Å². The first-order valence-electron chi connectivity index (χ1n) is 15.5. The normalized spacial score (nSPS) is 28.9. The summed E-state index contributed by atoms with van der Waals surface area (Å²) in [7, 11) is 0. The molecule has 8 atom stereocenters. The number of hydrogen-bond donors (Lipinski definition) is 4. The van der Waals surface area contributed by atoms with Crippen LogP contribution >= 0.6 is 0 Å². The van der Waals surface area contributed by atoms with Crippen LogP contribution in [0.15, 0.2) is 91.0 Å². The van der Waals surface area contributed by atoms with E-state index in [4.69, 9.17) is 33.9 Å². The SMILES string of the molecule is CC1(C)OC(O)[C@H](O)[C@H](O)[C@H]1O.C[C@@H]1[C@@H](OC(=O)c2ccccc2)[C@@H](OC(=O)c2ccccc2)C(OC(=O)c2ccccc2)OC1(C)C. The van der Waals surface area contributed by atoms with Gasteiger partial charge in [0.2, 0.25) is 12.4 Å². The van der Waals surface area contributed by atoms with Crippen molar-refractivity contribution >= 4 is 17.9 Å². The standard InChI is InChI=1S/C29H28O7.C7H14O5/c1-19-23(33-25(30)20-13-7-4-8-14-20)24(34-26(31)21-15-9-5-10-16-21)28(36-29(19,2)3)35-27(32)22-17-11-6-12-18-22;1-7(2)5(10)3(8)4(9)6(11)12-7/h4-19,23-24,28H,1-3H3;3-6,8-11H,1-2H3/t19-,23-,24-,28?;3-,4+,5+,6?/m10/s1. The van der Waals surface area contributed by atoms with Gasteiger partial charge in [-0.15, -0.1) is 0 Å². The van der Waals surface area contributed by atoms with Crippen molar-refractivity contribution in [2.45, 2.75) is 88.9 Å². The molecular weight excluding hydrogens is 624 g/mol. The second kappa shape index (κ2) is 15.4. The number of benzene rings is 3. The monoisotopic (exact) mass is 666 g/mol. The van der Waals surface area contributed by atoms with Gasteiger partial charge >= 0.3 is 17.9 Å². The molecule has 3 aromatic rings. The number of carbonyl (C=O) groups is 3. The van der Waals surface area contributed by atoms with Crippen LogP contribution in [0.2, 0.25) is 0 Å². The molecule has 0 amide bonds. The minimum absolute atomic E-state index is 0.302. The number of carbonyl (C=O) groups excluding carboxylic acids is 3. The Hall–Kier alpha value is -4.17. The zero-order valence-electron chi connectivity index (χ0n) is 27.3. The maximum absolute atomic E-state index is 13.0. The van der Waals surface area contributed by atoms with Crippen LogP contribution < -0.4 is 0 Å². The molecule has 5 rings (SSSR count). The minimum Gasteiger partial charge on any atom is -0.454 e. The number of esters is 3. The lowest BCUT2D eigenvalue weighted by atomic mass is 9.82. The molecule has 2 aliphatic heterocycles. The fraction of sp³-hybridized carbons (Fsp3) is 0.417. The van der Waals surface area contributed by atoms with Crippen LogP contribution in [0, 0.1) is 5.92 Å². The van der Waals surface area contributed by atoms with Crippen molar-refractivity contribution in [1.82, 2.24) is 0 Å². The summed E-state index contributed by atoms with van der Waals surface area (Å²) in [6.45, 7) is 8.49. The first-order chi connectivity index (χ1) is 22.6. The Bertz CT molecular complexity index is 1510. The van der Waals surface area contributed by atoms with Crippen LogP contribution in [0.25, 0.3) is 0 Å². The molecular formula is C36H42O12. The molecule has 2 unspecified atom stereocenters. The van der Waals surface area contributed by atoms with Gasteiger partial charge in [-0.3, -0.25) is 0 Å². The lowest BCUT2D eigenvalue weighted by molar-refractivity contribution is -0.310. The Morgan fingerprint density at radius 1 is 0.562 bits per heavy atom. The average molecular weight is 667 g/mol. The highest BCUT2D eigenvalue weighted by atomic mass is 16.7. The molecule has 258 valence electrons. The predicted molar refractivity (Wildman–Crippen MR) is 170 cm³/mol. The molecule has 2 saturated heterocycles. The van der Waals surface area contributed by atoms with Crippen LogP contribution in [-0.2, 0) is 23.7 Å². The van der Waals surface area contributed by atoms with E-state index in [1.165, 1.54) is 13.8 Å². The highest BCUT2D eigenvalue weighted by Gasteiger charge is 2.54. The van der Waals surface area contributed by atoms with Crippen molar-refractivity contribution in [1.29, 1.82) is 0 Å². The number of hydrogen-bond acceptors (Lipinski definition) is 12. The molecule has 48 heavy (non-hydrogen) atoms. The summed E-state index contributed by atoms with van der Waals surface area (Å²) in [6, 6.07) is 25.3. The molecule has 3 aromatic carbocycles. The van der Waals surface area contributed by atoms with Crippen molar-refractivity contribution < 1.29 is 58.5 Å². The first-order valence-corrected chi connectivity index (χ1v) is 15.5. The third kappa shape index (κ3) is 8.64. The smallest absolute Gasteiger partial charge is 0.340 e. The number of rotatable bonds is 6. The van der Waals surface area contributed by atoms with Crippen LogP contribution in [0.3, 0.4) is 0 Å². The van der Waals surface area contributed by atoms with Gasteiger partial charge in [0.15, 0.2) is 12.4 Å². The number of aliphatic hydroxyl groups is 4. The zero-order valence-corrected chi connectivity index (χ0v) is 27.3. The van der Waals surface area contributed by atoms with Crippen LogP contribution in [0.5, 0.6) is 0 Å². The fourth-order valence-corrected chi connectivity index (χ4v) is 5.19. The van der Waals surface area contributed by atoms with E-state index in [0.29, 0.717) is 16.7 Å². The van der Waals surface area contributed by atoms with E-state index in [0.717, 1.165) is 0 Å². The lowest BCUT2D eigenvalue weighted by Gasteiger charge is -2.48. The summed E-state index contributed by atoms with van der Waals surface area (Å²) in [6.07, 6.45) is -8.94. The van der Waals surface area contributed by atoms with E-state index in [-0.39, 0.29) is 0 Å². The third-order valence-electron chi connectivity index (χ3n) is 8.44. The second-order valence-electron chi connectivity index (χ2n) is 12.7. The van der Waals surface area contributed by atoms with Crippen molar-refractivity contribution in [3.05, 3.63) is 108 Å². The van der Waals surface area contributed by atoms with Crippen molar-refractivity contribution in [3.8, 4) is 0 Å². The highest BCUT2D eigenvalue weighted by Crippen LogP contribution is 2.38. The quantitative estimate of drug-likeness (QED) is 0.223. The average Bonchev–Trinajstić information content (AvgIpc) is 3.08. The molecule has 2 heterocycles. The van der Waals surface area contributed by atoms with Gasteiger partial charge in [0.25, 0.3) is 0 Å². The molecule has 0 spiro atoms. The molecule has 0 radical (unpaired) electrons. The maximum Gasteiger partial charge on any atom is 0.340 e. The molecule has 2 aliphatic rings. The molecule has 0 aromatic heterocycles. The van der Waals surface area contributed by atoms with Crippen molar-refractivity contribution in [2.24, 2.45) is 5.92 Å². The van der Waals surface area contributed by atoms with Gasteiger partial charge in [-0.2, -0.15) is 0 Å². The summed E-state index contributed by atoms with van der Waals surface area (Å²) in [5.41, 5.74) is -0.962. The van der Waals surface area contributed by atoms with E-state index in [2.05, 4.69) is 0 Å². The second-order valence-corrected chi connectivity index (χ2v) is 12.7. The predicted octanol–water partition coefficient (Wildman–Crippen LogP) is 3.26. The highest BCUT2D eigenvalue weighted by molar-refractivity contribution is 5.91. The summed E-state index contributed by atoms with van der Waals surface area (Å²) in [5.74, 6) is -2.30. The van der Waals surface area contributed by atoms with Gasteiger partial charge in [-0.05, 0) is 64.1 Å². The Balaban J connectivity index is 0.000000365. The van der Waals surface area contributed by atoms with Crippen LogP contribution in [0.4, 0.5) is 0 Å². The molecule has 12 nitrogen and oxygen atoms in total. The Morgan fingerprint density at radius 2 is 0.958 bits per heavy atom. The van der Waals surface area contributed by atoms with Gasteiger partial charge in [0.1, 0.15) is 18.3 Å². The molecule has 0 bridgehead atoms. The van der Waals surface area contributed by atoms with Crippen molar-refractivity contribution in [3.63, 3.8) is 0 Å². The summed E-state index contributed by atoms with van der Waals surface area (Å²) < 4.78 is 28.4. The molecule has 0 aliphatic carbocycles. The Kier molecular flexibility index (Phi) is 11.7. The van der Waals surface area contributed by atoms with Gasteiger partial charge < -0.3 is 44.1 Å². The van der Waals surface area contributed by atoms with Crippen LogP contribution in [0.1, 0.15) is 65.7 Å². The first kappa shape index (κ1) is 36.7. The van der Waals surface area contributed by atoms with E-state index in [1.807, 2.05) is 6.92 Å². The number of aliphatic hydroxyl groups excluding tert-OH is 4. The van der Waals surface area contributed by atoms with Crippen molar-refractivity contribution in [2.75, 3.05) is 0 Å². The van der Waals surface area contributed by atoms with Gasteiger partial charge in [0, 0.05) is 5.92 Å². The lowest BCUT2D eigenvalue weighted by Crippen LogP contribution is -2.61. The molecule has 12 heteroatoms. The van der Waals surface area contributed by atoms with Crippen LogP contribution in [-0.4, -0.2) is 92.6 Å². The zero-order chi connectivity index (χ0) is 35.2. The van der Waals surface area contributed by atoms with E-state index < -0.39 is 78.1 Å². The van der Waals surface area contributed by atoms with E-state index in [9.17, 15) is 24.6 Å². The van der Waals surface area contributed by atoms with Gasteiger partial charge in [-0.1, -0.05) is 61.5 Å². The third-order valence-corrected chi connectivity index (χ3v) is 8.44. The fourth-order valence-electron chi connectivity index (χ4n) is 5.19. The molecule has 2 fully saturated rings. The van der Waals surface area contributed by atoms with Gasteiger partial charge in [0.05, 0.1) is 27.9 Å². The van der Waals surface area contributed by atoms with Gasteiger partial charge in [-0.25, -0.2) is 14.4 Å². The Morgan fingerprint density at radius 3 is 1.40 bits per heavy atom. The van der Waals surface area contributed by atoms with E-state index in [1.54, 1.807) is 105 Å².